The van der Waals surface area contributed by atoms with Crippen LogP contribution in [0.2, 0.25) is 0 Å². The van der Waals surface area contributed by atoms with Gasteiger partial charge in [-0.1, -0.05) is 204 Å². The zero-order chi connectivity index (χ0) is 45.7. The number of carbonyl (C=O) groups is 2. The molecule has 0 bridgehead atoms. The number of phosphoric ester groups is 1. The van der Waals surface area contributed by atoms with Crippen LogP contribution in [0.5, 0.6) is 0 Å². The molecule has 10 heteroatoms. The van der Waals surface area contributed by atoms with Crippen LogP contribution >= 0.6 is 7.82 Å². The Bertz CT molecular complexity index is 1150. The third-order valence-electron chi connectivity index (χ3n) is 11.2. The molecule has 0 saturated heterocycles. The number of likely N-dealkylation sites (N-methyl/N-ethyl adjacent to an activating group) is 1. The molecule has 0 amide bonds. The first-order chi connectivity index (χ1) is 30.0. The van der Waals surface area contributed by atoms with E-state index in [1.54, 1.807) is 0 Å². The van der Waals surface area contributed by atoms with Gasteiger partial charge in [-0.3, -0.25) is 14.2 Å². The molecule has 0 N–H and O–H groups in total. The highest BCUT2D eigenvalue weighted by atomic mass is 31.2. The Labute approximate surface area is 382 Å². The Morgan fingerprint density at radius 2 is 0.871 bits per heavy atom. The van der Waals surface area contributed by atoms with Crippen molar-refractivity contribution in [2.75, 3.05) is 47.5 Å². The summed E-state index contributed by atoms with van der Waals surface area (Å²) in [5.74, 6) is -0.850. The second kappa shape index (κ2) is 44.4. The van der Waals surface area contributed by atoms with Gasteiger partial charge < -0.3 is 27.9 Å². The summed E-state index contributed by atoms with van der Waals surface area (Å²) in [5.41, 5.74) is 0. The number of rotatable bonds is 47. The van der Waals surface area contributed by atoms with Crippen LogP contribution < -0.4 is 4.89 Å². The highest BCUT2D eigenvalue weighted by Gasteiger charge is 2.21. The van der Waals surface area contributed by atoms with E-state index in [2.05, 4.69) is 50.3 Å². The minimum Gasteiger partial charge on any atom is -0.756 e. The molecule has 0 heterocycles. The van der Waals surface area contributed by atoms with Crippen LogP contribution in [0.4, 0.5) is 0 Å². The lowest BCUT2D eigenvalue weighted by Crippen LogP contribution is -2.37. The van der Waals surface area contributed by atoms with Crippen molar-refractivity contribution in [2.45, 2.75) is 238 Å². The zero-order valence-electron chi connectivity index (χ0n) is 41.1. The number of ether oxygens (including phenoxy) is 2. The van der Waals surface area contributed by atoms with Crippen LogP contribution in [-0.2, 0) is 32.7 Å². The standard InChI is InChI=1S/C52H98NO8P/c1-6-8-10-12-14-16-18-20-22-24-25-26-27-29-30-32-34-36-38-40-42-44-51(54)58-48-50(49-60-62(56,57)59-47-46-53(3,4)5)61-52(55)45-43-41-39-37-35-33-31-28-23-21-19-17-15-13-11-9-7-2/h15,17,21,23,31,33,50H,6-14,16,18-20,22,24-30,32,34-49H2,1-5H3/b17-15-,23-21-,33-31-/t50-/m1/s1. The summed E-state index contributed by atoms with van der Waals surface area (Å²) >= 11 is 0. The number of quaternary nitrogens is 1. The Morgan fingerprint density at radius 3 is 1.32 bits per heavy atom. The first kappa shape index (κ1) is 60.2. The second-order valence-electron chi connectivity index (χ2n) is 18.5. The molecule has 0 radical (unpaired) electrons. The maximum atomic E-state index is 12.7. The van der Waals surface area contributed by atoms with Crippen molar-refractivity contribution < 1.29 is 42.1 Å². The molecule has 2 atom stereocenters. The number of unbranched alkanes of at least 4 members (excludes halogenated alkanes) is 27. The Kier molecular flexibility index (Phi) is 43.2. The van der Waals surface area contributed by atoms with E-state index in [-0.39, 0.29) is 32.0 Å². The summed E-state index contributed by atoms with van der Waals surface area (Å²) in [6.07, 6.45) is 51.7. The summed E-state index contributed by atoms with van der Waals surface area (Å²) in [6, 6.07) is 0. The van der Waals surface area contributed by atoms with Crippen molar-refractivity contribution >= 4 is 19.8 Å². The number of phosphoric acid groups is 1. The van der Waals surface area contributed by atoms with Crippen LogP contribution in [-0.4, -0.2) is 70.0 Å². The lowest BCUT2D eigenvalue weighted by atomic mass is 10.0. The van der Waals surface area contributed by atoms with Crippen molar-refractivity contribution in [3.8, 4) is 0 Å². The fourth-order valence-corrected chi connectivity index (χ4v) is 7.86. The molecule has 9 nitrogen and oxygen atoms in total. The quantitative estimate of drug-likeness (QED) is 0.0195. The summed E-state index contributed by atoms with van der Waals surface area (Å²) in [5, 5.41) is 0. The van der Waals surface area contributed by atoms with E-state index in [1.807, 2.05) is 21.1 Å². The smallest absolute Gasteiger partial charge is 0.306 e. The average molecular weight is 896 g/mol. The first-order valence-corrected chi connectivity index (χ1v) is 27.2. The van der Waals surface area contributed by atoms with Gasteiger partial charge in [-0.25, -0.2) is 0 Å². The number of nitrogens with zero attached hydrogens (tertiary/aromatic N) is 1. The molecule has 1 unspecified atom stereocenters. The molecule has 0 fully saturated rings. The predicted molar refractivity (Wildman–Crippen MR) is 259 cm³/mol. The topological polar surface area (TPSA) is 111 Å². The second-order valence-corrected chi connectivity index (χ2v) is 20.0. The molecule has 0 aliphatic heterocycles. The number of esters is 2. The van der Waals surface area contributed by atoms with Gasteiger partial charge in [-0.05, 0) is 51.4 Å². The van der Waals surface area contributed by atoms with Crippen molar-refractivity contribution in [1.29, 1.82) is 0 Å². The van der Waals surface area contributed by atoms with Gasteiger partial charge in [0.2, 0.25) is 0 Å². The highest BCUT2D eigenvalue weighted by molar-refractivity contribution is 7.45. The monoisotopic (exact) mass is 896 g/mol. The maximum absolute atomic E-state index is 12.7. The summed E-state index contributed by atoms with van der Waals surface area (Å²) < 4.78 is 34.0. The Morgan fingerprint density at radius 1 is 0.500 bits per heavy atom. The lowest BCUT2D eigenvalue weighted by molar-refractivity contribution is -0.870. The maximum Gasteiger partial charge on any atom is 0.306 e. The van der Waals surface area contributed by atoms with E-state index >= 15 is 0 Å². The van der Waals surface area contributed by atoms with Gasteiger partial charge in [0.25, 0.3) is 7.82 Å². The number of allylic oxidation sites excluding steroid dienone is 6. The number of hydrogen-bond donors (Lipinski definition) is 0. The molecule has 62 heavy (non-hydrogen) atoms. The number of carbonyl (C=O) groups excluding carboxylic acids is 2. The van der Waals surface area contributed by atoms with Crippen LogP contribution in [0.1, 0.15) is 232 Å². The average Bonchev–Trinajstić information content (AvgIpc) is 3.23. The van der Waals surface area contributed by atoms with Crippen molar-refractivity contribution in [3.05, 3.63) is 36.5 Å². The number of hydrogen-bond acceptors (Lipinski definition) is 8. The van der Waals surface area contributed by atoms with Crippen molar-refractivity contribution in [1.82, 2.24) is 0 Å². The molecule has 0 aromatic carbocycles. The van der Waals surface area contributed by atoms with Gasteiger partial charge >= 0.3 is 11.9 Å². The molecule has 0 aromatic rings. The molecule has 0 aromatic heterocycles. The predicted octanol–water partition coefficient (Wildman–Crippen LogP) is 14.6. The molecular formula is C52H98NO8P. The summed E-state index contributed by atoms with van der Waals surface area (Å²) in [7, 11) is 1.16. The fourth-order valence-electron chi connectivity index (χ4n) is 7.13. The van der Waals surface area contributed by atoms with E-state index in [0.717, 1.165) is 57.8 Å². The molecular weight excluding hydrogens is 798 g/mol. The summed E-state index contributed by atoms with van der Waals surface area (Å²) in [6.45, 7) is 4.21. The van der Waals surface area contributed by atoms with E-state index in [0.29, 0.717) is 17.4 Å². The Hall–Kier alpha value is -1.77. The van der Waals surface area contributed by atoms with E-state index in [1.165, 1.54) is 141 Å². The lowest BCUT2D eigenvalue weighted by Gasteiger charge is -2.28. The molecule has 0 spiro atoms. The minimum atomic E-state index is -4.63. The van der Waals surface area contributed by atoms with Crippen molar-refractivity contribution in [3.63, 3.8) is 0 Å². The fraction of sp³-hybridized carbons (Fsp3) is 0.846. The van der Waals surface area contributed by atoms with Gasteiger partial charge in [0.15, 0.2) is 6.10 Å². The Balaban J connectivity index is 4.25. The highest BCUT2D eigenvalue weighted by Crippen LogP contribution is 2.38. The van der Waals surface area contributed by atoms with Gasteiger partial charge in [0, 0.05) is 12.8 Å². The van der Waals surface area contributed by atoms with Gasteiger partial charge in [0.05, 0.1) is 27.7 Å². The molecule has 0 aliphatic rings. The third kappa shape index (κ3) is 47.7. The van der Waals surface area contributed by atoms with Gasteiger partial charge in [-0.15, -0.1) is 0 Å². The molecule has 0 rings (SSSR count). The molecule has 0 saturated carbocycles. The third-order valence-corrected chi connectivity index (χ3v) is 12.1. The van der Waals surface area contributed by atoms with E-state index in [4.69, 9.17) is 18.5 Å². The van der Waals surface area contributed by atoms with Crippen molar-refractivity contribution in [2.24, 2.45) is 0 Å². The zero-order valence-corrected chi connectivity index (χ0v) is 42.0. The van der Waals surface area contributed by atoms with Gasteiger partial charge in [-0.2, -0.15) is 0 Å². The van der Waals surface area contributed by atoms with E-state index < -0.39 is 26.5 Å². The van der Waals surface area contributed by atoms with Gasteiger partial charge in [0.1, 0.15) is 19.8 Å². The van der Waals surface area contributed by atoms with E-state index in [9.17, 15) is 19.0 Å². The van der Waals surface area contributed by atoms with Crippen LogP contribution in [0.15, 0.2) is 36.5 Å². The normalized spacial score (nSPS) is 13.7. The largest absolute Gasteiger partial charge is 0.756 e. The molecule has 364 valence electrons. The SMILES string of the molecule is CCCCC/C=C\C/C=C\C/C=C\CCCCCCC(=O)O[C@H](COC(=O)CCCCCCCCCCCCCCCCCCCCCCC)COP(=O)([O-])OCC[N+](C)(C)C. The summed E-state index contributed by atoms with van der Waals surface area (Å²) in [4.78, 5) is 37.7. The van der Waals surface area contributed by atoms with Crippen LogP contribution in [0.25, 0.3) is 0 Å². The van der Waals surface area contributed by atoms with Crippen LogP contribution in [0.3, 0.4) is 0 Å². The van der Waals surface area contributed by atoms with Crippen LogP contribution in [0, 0.1) is 0 Å². The first-order valence-electron chi connectivity index (χ1n) is 25.7. The molecule has 0 aliphatic carbocycles. The minimum absolute atomic E-state index is 0.0345.